The summed E-state index contributed by atoms with van der Waals surface area (Å²) in [7, 11) is 0. The van der Waals surface area contributed by atoms with Crippen molar-refractivity contribution in [1.29, 1.82) is 0 Å². The molecule has 5 heteroatoms. The molecular formula is C15H23N3O2. The molecule has 5 nitrogen and oxygen atoms in total. The molecule has 2 atom stereocenters. The van der Waals surface area contributed by atoms with Gasteiger partial charge in [-0.1, -0.05) is 5.16 Å². The van der Waals surface area contributed by atoms with Gasteiger partial charge in [-0.3, -0.25) is 4.79 Å². The van der Waals surface area contributed by atoms with Gasteiger partial charge in [0.25, 0.3) is 0 Å². The largest absolute Gasteiger partial charge is 0.361 e. The van der Waals surface area contributed by atoms with Gasteiger partial charge in [-0.2, -0.15) is 0 Å². The van der Waals surface area contributed by atoms with Crippen molar-refractivity contribution in [2.24, 2.45) is 11.3 Å². The second kappa shape index (κ2) is 4.88. The van der Waals surface area contributed by atoms with Gasteiger partial charge < -0.3 is 15.2 Å². The molecule has 1 saturated carbocycles. The number of aryl methyl sites for hydroxylation is 2. The van der Waals surface area contributed by atoms with E-state index in [2.05, 4.69) is 15.8 Å². The molecule has 1 spiro atoms. The van der Waals surface area contributed by atoms with Crippen LogP contribution < -0.4 is 10.6 Å². The van der Waals surface area contributed by atoms with Crippen LogP contribution in [0.4, 0.5) is 0 Å². The number of carbonyl (C=O) groups excluding carboxylic acids is 1. The number of carbonyl (C=O) groups is 1. The molecule has 0 bridgehead atoms. The SMILES string of the molecule is Cc1noc(C)c1C(C)NC(=O)C1CC12CCNCC2. The highest BCUT2D eigenvalue weighted by Gasteiger charge is 2.57. The average Bonchev–Trinajstić information content (AvgIpc) is 2.99. The molecule has 0 aromatic carbocycles. The number of hydrogen-bond donors (Lipinski definition) is 2. The van der Waals surface area contributed by atoms with Gasteiger partial charge in [-0.15, -0.1) is 0 Å². The molecule has 2 N–H and O–H groups in total. The maximum absolute atomic E-state index is 12.4. The molecule has 1 aliphatic heterocycles. The van der Waals surface area contributed by atoms with Crippen molar-refractivity contribution < 1.29 is 9.32 Å². The van der Waals surface area contributed by atoms with Gasteiger partial charge in [-0.05, 0) is 58.5 Å². The van der Waals surface area contributed by atoms with E-state index in [0.717, 1.165) is 49.4 Å². The quantitative estimate of drug-likeness (QED) is 0.885. The Kier molecular flexibility index (Phi) is 3.32. The Morgan fingerprint density at radius 1 is 1.45 bits per heavy atom. The molecule has 1 saturated heterocycles. The second-order valence-corrected chi connectivity index (χ2v) is 6.34. The summed E-state index contributed by atoms with van der Waals surface area (Å²) in [6, 6.07) is -0.0342. The minimum absolute atomic E-state index is 0.0342. The Hall–Kier alpha value is -1.36. The monoisotopic (exact) mass is 277 g/mol. The van der Waals surface area contributed by atoms with Crippen molar-refractivity contribution in [3.8, 4) is 0 Å². The third-order valence-electron chi connectivity index (χ3n) is 4.99. The van der Waals surface area contributed by atoms with Gasteiger partial charge >= 0.3 is 0 Å². The highest BCUT2D eigenvalue weighted by atomic mass is 16.5. The van der Waals surface area contributed by atoms with Crippen LogP contribution in [0.25, 0.3) is 0 Å². The number of rotatable bonds is 3. The van der Waals surface area contributed by atoms with E-state index in [1.165, 1.54) is 0 Å². The second-order valence-electron chi connectivity index (χ2n) is 6.34. The lowest BCUT2D eigenvalue weighted by molar-refractivity contribution is -0.123. The summed E-state index contributed by atoms with van der Waals surface area (Å²) in [5.74, 6) is 1.19. The fraction of sp³-hybridized carbons (Fsp3) is 0.733. The fourth-order valence-electron chi connectivity index (χ4n) is 3.69. The molecule has 0 radical (unpaired) electrons. The van der Waals surface area contributed by atoms with E-state index in [9.17, 15) is 4.79 Å². The van der Waals surface area contributed by atoms with Crippen LogP contribution in [0.2, 0.25) is 0 Å². The average molecular weight is 277 g/mol. The highest BCUT2D eigenvalue weighted by molar-refractivity contribution is 5.83. The lowest BCUT2D eigenvalue weighted by Gasteiger charge is -2.23. The van der Waals surface area contributed by atoms with Gasteiger partial charge in [0.1, 0.15) is 5.76 Å². The maximum atomic E-state index is 12.4. The van der Waals surface area contributed by atoms with Crippen LogP contribution >= 0.6 is 0 Å². The van der Waals surface area contributed by atoms with Gasteiger partial charge in [0.05, 0.1) is 11.7 Å². The number of nitrogens with zero attached hydrogens (tertiary/aromatic N) is 1. The standard InChI is InChI=1S/C15H23N3O2/c1-9(13-10(2)18-20-11(13)3)17-14(19)12-8-15(12)4-6-16-7-5-15/h9,12,16H,4-8H2,1-3H3,(H,17,19). The van der Waals surface area contributed by atoms with E-state index in [-0.39, 0.29) is 23.3 Å². The van der Waals surface area contributed by atoms with Crippen LogP contribution in [-0.4, -0.2) is 24.2 Å². The summed E-state index contributed by atoms with van der Waals surface area (Å²) in [5.41, 5.74) is 2.16. The summed E-state index contributed by atoms with van der Waals surface area (Å²) in [5, 5.41) is 10.5. The molecule has 110 valence electrons. The predicted octanol–water partition coefficient (Wildman–Crippen LogP) is 1.86. The normalized spacial score (nSPS) is 25.4. The fourth-order valence-corrected chi connectivity index (χ4v) is 3.69. The van der Waals surface area contributed by atoms with Crippen LogP contribution in [-0.2, 0) is 4.79 Å². The zero-order valence-electron chi connectivity index (χ0n) is 12.5. The molecule has 3 rings (SSSR count). The predicted molar refractivity (Wildman–Crippen MR) is 75.2 cm³/mol. The van der Waals surface area contributed by atoms with Crippen molar-refractivity contribution >= 4 is 5.91 Å². The molecule has 20 heavy (non-hydrogen) atoms. The summed E-state index contributed by atoms with van der Waals surface area (Å²) in [6.45, 7) is 7.90. The molecule has 1 aromatic heterocycles. The summed E-state index contributed by atoms with van der Waals surface area (Å²) in [4.78, 5) is 12.4. The van der Waals surface area contributed by atoms with Crippen molar-refractivity contribution in [3.05, 3.63) is 17.0 Å². The zero-order chi connectivity index (χ0) is 14.3. The van der Waals surface area contributed by atoms with Crippen molar-refractivity contribution in [1.82, 2.24) is 15.8 Å². The number of hydrogen-bond acceptors (Lipinski definition) is 4. The van der Waals surface area contributed by atoms with Crippen LogP contribution in [0.5, 0.6) is 0 Å². The first-order valence-corrected chi connectivity index (χ1v) is 7.47. The van der Waals surface area contributed by atoms with E-state index >= 15 is 0 Å². The lowest BCUT2D eigenvalue weighted by Crippen LogP contribution is -2.34. The van der Waals surface area contributed by atoms with Gasteiger partial charge in [-0.25, -0.2) is 0 Å². The number of piperidine rings is 1. The van der Waals surface area contributed by atoms with Crippen molar-refractivity contribution in [3.63, 3.8) is 0 Å². The Morgan fingerprint density at radius 2 is 2.15 bits per heavy atom. The van der Waals surface area contributed by atoms with E-state index in [1.54, 1.807) is 0 Å². The van der Waals surface area contributed by atoms with Gasteiger partial charge in [0.15, 0.2) is 0 Å². The Morgan fingerprint density at radius 3 is 2.75 bits per heavy atom. The van der Waals surface area contributed by atoms with E-state index in [4.69, 9.17) is 4.52 Å². The first-order valence-electron chi connectivity index (χ1n) is 7.47. The van der Waals surface area contributed by atoms with E-state index in [1.807, 2.05) is 20.8 Å². The smallest absolute Gasteiger partial charge is 0.224 e. The number of amides is 1. The first kappa shape index (κ1) is 13.6. The molecule has 2 unspecified atom stereocenters. The Bertz CT molecular complexity index is 498. The molecule has 1 amide bonds. The van der Waals surface area contributed by atoms with Crippen molar-refractivity contribution in [2.45, 2.75) is 46.1 Å². The number of nitrogens with one attached hydrogen (secondary N) is 2. The summed E-state index contributed by atoms with van der Waals surface area (Å²) < 4.78 is 5.17. The number of aromatic nitrogens is 1. The molecule has 2 aliphatic rings. The van der Waals surface area contributed by atoms with Crippen molar-refractivity contribution in [2.75, 3.05) is 13.1 Å². The zero-order valence-corrected chi connectivity index (χ0v) is 12.5. The third-order valence-corrected chi connectivity index (χ3v) is 4.99. The summed E-state index contributed by atoms with van der Waals surface area (Å²) >= 11 is 0. The molecule has 1 aromatic rings. The van der Waals surface area contributed by atoms with Gasteiger partial charge in [0, 0.05) is 11.5 Å². The minimum Gasteiger partial charge on any atom is -0.361 e. The van der Waals surface area contributed by atoms with Gasteiger partial charge in [0.2, 0.25) is 5.91 Å². The lowest BCUT2D eigenvalue weighted by atomic mass is 9.91. The maximum Gasteiger partial charge on any atom is 0.224 e. The topological polar surface area (TPSA) is 67.2 Å². The third kappa shape index (κ3) is 2.24. The minimum atomic E-state index is -0.0342. The molecule has 2 fully saturated rings. The molecule has 1 aliphatic carbocycles. The van der Waals surface area contributed by atoms with E-state index < -0.39 is 0 Å². The molecular weight excluding hydrogens is 254 g/mol. The summed E-state index contributed by atoms with van der Waals surface area (Å²) in [6.07, 6.45) is 3.31. The first-order chi connectivity index (χ1) is 9.53. The van der Waals surface area contributed by atoms with Crippen LogP contribution in [0.1, 0.15) is 49.2 Å². The Labute approximate surface area is 119 Å². The van der Waals surface area contributed by atoms with Crippen LogP contribution in [0, 0.1) is 25.2 Å². The van der Waals surface area contributed by atoms with E-state index in [0.29, 0.717) is 0 Å². The van der Waals surface area contributed by atoms with Crippen LogP contribution in [0.3, 0.4) is 0 Å². The highest BCUT2D eigenvalue weighted by Crippen LogP contribution is 2.58. The molecule has 2 heterocycles. The van der Waals surface area contributed by atoms with Crippen LogP contribution in [0.15, 0.2) is 4.52 Å². The Balaban J connectivity index is 1.63.